The molecule has 0 aromatic carbocycles. The zero-order chi connectivity index (χ0) is 13.4. The lowest BCUT2D eigenvalue weighted by Crippen LogP contribution is -1.95. The summed E-state index contributed by atoms with van der Waals surface area (Å²) in [4.78, 5) is 18.8. The van der Waals surface area contributed by atoms with Gasteiger partial charge in [0, 0.05) is 16.3 Å². The van der Waals surface area contributed by atoms with Gasteiger partial charge >= 0.3 is 0 Å². The second-order valence-electron chi connectivity index (χ2n) is 3.86. The highest BCUT2D eigenvalue weighted by Crippen LogP contribution is 2.30. The minimum Gasteiger partial charge on any atom is -0.481 e. The number of methoxy groups -OCH3 is 1. The highest BCUT2D eigenvalue weighted by atomic mass is 35.5. The molecule has 0 saturated heterocycles. The van der Waals surface area contributed by atoms with Crippen molar-refractivity contribution in [3.8, 4) is 17.4 Å². The summed E-state index contributed by atoms with van der Waals surface area (Å²) < 4.78 is 5.06. The second-order valence-corrected chi connectivity index (χ2v) is 5.45. The third kappa shape index (κ3) is 2.24. The minimum atomic E-state index is 0.432. The summed E-state index contributed by atoms with van der Waals surface area (Å²) in [7, 11) is 1.55. The van der Waals surface area contributed by atoms with Crippen LogP contribution in [0.15, 0.2) is 18.5 Å². The maximum Gasteiger partial charge on any atom is 0.216 e. The largest absolute Gasteiger partial charge is 0.481 e. The van der Waals surface area contributed by atoms with E-state index >= 15 is 0 Å². The molecule has 0 radical (unpaired) electrons. The van der Waals surface area contributed by atoms with Crippen molar-refractivity contribution in [1.82, 2.24) is 19.9 Å². The van der Waals surface area contributed by atoms with Gasteiger partial charge < -0.3 is 4.74 Å². The van der Waals surface area contributed by atoms with Crippen LogP contribution in [0.4, 0.5) is 0 Å². The Bertz CT molecular complexity index is 759. The van der Waals surface area contributed by atoms with E-state index in [1.165, 1.54) is 6.33 Å². The van der Waals surface area contributed by atoms with Gasteiger partial charge in [-0.2, -0.15) is 0 Å². The first-order valence-electron chi connectivity index (χ1n) is 5.47. The van der Waals surface area contributed by atoms with Crippen molar-refractivity contribution in [2.45, 2.75) is 6.92 Å². The molecule has 0 spiro atoms. The van der Waals surface area contributed by atoms with Crippen molar-refractivity contribution in [1.29, 1.82) is 0 Å². The van der Waals surface area contributed by atoms with Gasteiger partial charge in [-0.3, -0.25) is 0 Å². The first-order chi connectivity index (χ1) is 9.17. The molecule has 0 aliphatic heterocycles. The number of fused-ring (bicyclic) bond motifs is 1. The normalized spacial score (nSPS) is 10.9. The standard InChI is InChI=1S/C12H9ClN4OS/c1-6-3-7-10(13)16-11(17-12(7)19-6)8-4-9(18-2)15-5-14-8/h3-5H,1-2H3. The van der Waals surface area contributed by atoms with Gasteiger partial charge in [0.05, 0.1) is 7.11 Å². The predicted molar refractivity (Wildman–Crippen MR) is 74.7 cm³/mol. The van der Waals surface area contributed by atoms with E-state index in [0.29, 0.717) is 22.6 Å². The summed E-state index contributed by atoms with van der Waals surface area (Å²) in [5.41, 5.74) is 0.585. The van der Waals surface area contributed by atoms with Gasteiger partial charge in [-0.1, -0.05) is 11.6 Å². The Morgan fingerprint density at radius 3 is 2.84 bits per heavy atom. The van der Waals surface area contributed by atoms with Crippen LogP contribution < -0.4 is 4.74 Å². The molecule has 3 rings (SSSR count). The van der Waals surface area contributed by atoms with E-state index in [4.69, 9.17) is 16.3 Å². The molecule has 5 nitrogen and oxygen atoms in total. The lowest BCUT2D eigenvalue weighted by Gasteiger charge is -2.02. The molecule has 0 N–H and O–H groups in total. The van der Waals surface area contributed by atoms with Crippen molar-refractivity contribution in [2.75, 3.05) is 7.11 Å². The number of hydrogen-bond acceptors (Lipinski definition) is 6. The van der Waals surface area contributed by atoms with Crippen molar-refractivity contribution in [2.24, 2.45) is 0 Å². The number of nitrogens with zero attached hydrogens (tertiary/aromatic N) is 4. The number of ether oxygens (including phenoxy) is 1. The van der Waals surface area contributed by atoms with Crippen LogP contribution in [-0.4, -0.2) is 27.0 Å². The fraction of sp³-hybridized carbons (Fsp3) is 0.167. The van der Waals surface area contributed by atoms with Crippen molar-refractivity contribution in [3.63, 3.8) is 0 Å². The third-order valence-electron chi connectivity index (χ3n) is 2.55. The van der Waals surface area contributed by atoms with Crippen LogP contribution >= 0.6 is 22.9 Å². The van der Waals surface area contributed by atoms with E-state index in [9.17, 15) is 0 Å². The average Bonchev–Trinajstić information content (AvgIpc) is 2.80. The maximum atomic E-state index is 6.18. The SMILES string of the molecule is COc1cc(-c2nc(Cl)c3cc(C)sc3n2)ncn1. The minimum absolute atomic E-state index is 0.432. The van der Waals surface area contributed by atoms with E-state index in [2.05, 4.69) is 19.9 Å². The zero-order valence-corrected chi connectivity index (χ0v) is 11.8. The van der Waals surface area contributed by atoms with Crippen LogP contribution in [0.5, 0.6) is 5.88 Å². The summed E-state index contributed by atoms with van der Waals surface area (Å²) in [6.07, 6.45) is 1.41. The number of thiophene rings is 1. The highest BCUT2D eigenvalue weighted by molar-refractivity contribution is 7.18. The zero-order valence-electron chi connectivity index (χ0n) is 10.2. The molecule has 0 unspecified atom stereocenters. The molecule has 0 aliphatic carbocycles. The monoisotopic (exact) mass is 292 g/mol. The molecule has 0 bridgehead atoms. The Kier molecular flexibility index (Phi) is 3.04. The van der Waals surface area contributed by atoms with E-state index in [-0.39, 0.29) is 0 Å². The first kappa shape index (κ1) is 12.3. The lowest BCUT2D eigenvalue weighted by molar-refractivity contribution is 0.397. The molecule has 96 valence electrons. The van der Waals surface area contributed by atoms with Crippen LogP contribution in [0.1, 0.15) is 4.88 Å². The molecule has 0 atom stereocenters. The molecular formula is C12H9ClN4OS. The quantitative estimate of drug-likeness (QED) is 0.679. The fourth-order valence-corrected chi connectivity index (χ4v) is 2.85. The third-order valence-corrected chi connectivity index (χ3v) is 3.78. The first-order valence-corrected chi connectivity index (χ1v) is 6.67. The Labute approximate surface area is 118 Å². The number of aromatic nitrogens is 4. The maximum absolute atomic E-state index is 6.18. The molecule has 7 heteroatoms. The van der Waals surface area contributed by atoms with Crippen LogP contribution in [0.25, 0.3) is 21.7 Å². The average molecular weight is 293 g/mol. The predicted octanol–water partition coefficient (Wildman–Crippen LogP) is 3.12. The van der Waals surface area contributed by atoms with Gasteiger partial charge in [-0.15, -0.1) is 11.3 Å². The number of rotatable bonds is 2. The van der Waals surface area contributed by atoms with E-state index in [1.54, 1.807) is 24.5 Å². The van der Waals surface area contributed by atoms with Crippen LogP contribution in [-0.2, 0) is 0 Å². The fourth-order valence-electron chi connectivity index (χ4n) is 1.70. The van der Waals surface area contributed by atoms with Crippen molar-refractivity contribution >= 4 is 33.2 Å². The van der Waals surface area contributed by atoms with Crippen molar-refractivity contribution < 1.29 is 4.74 Å². The smallest absolute Gasteiger partial charge is 0.216 e. The van der Waals surface area contributed by atoms with E-state index < -0.39 is 0 Å². The molecule has 0 amide bonds. The van der Waals surface area contributed by atoms with Gasteiger partial charge in [-0.25, -0.2) is 19.9 Å². The summed E-state index contributed by atoms with van der Waals surface area (Å²) in [6.45, 7) is 2.01. The summed E-state index contributed by atoms with van der Waals surface area (Å²) in [5.74, 6) is 0.937. The topological polar surface area (TPSA) is 60.8 Å². The number of aryl methyl sites for hydroxylation is 1. The Hall–Kier alpha value is -1.79. The number of halogens is 1. The van der Waals surface area contributed by atoms with Gasteiger partial charge in [0.2, 0.25) is 5.88 Å². The van der Waals surface area contributed by atoms with Crippen LogP contribution in [0.2, 0.25) is 5.15 Å². The molecule has 3 aromatic heterocycles. The van der Waals surface area contributed by atoms with Crippen LogP contribution in [0, 0.1) is 6.92 Å². The van der Waals surface area contributed by atoms with E-state index in [0.717, 1.165) is 15.1 Å². The van der Waals surface area contributed by atoms with Gasteiger partial charge in [-0.05, 0) is 13.0 Å². The molecule has 3 aromatic rings. The van der Waals surface area contributed by atoms with Gasteiger partial charge in [0.15, 0.2) is 5.82 Å². The lowest BCUT2D eigenvalue weighted by atomic mass is 10.3. The summed E-state index contributed by atoms with van der Waals surface area (Å²) >= 11 is 7.75. The molecule has 3 heterocycles. The van der Waals surface area contributed by atoms with E-state index in [1.807, 2.05) is 13.0 Å². The Balaban J connectivity index is 2.18. The molecule has 0 fully saturated rings. The summed E-state index contributed by atoms with van der Waals surface area (Å²) in [5, 5.41) is 1.30. The van der Waals surface area contributed by atoms with Crippen LogP contribution in [0.3, 0.4) is 0 Å². The Morgan fingerprint density at radius 1 is 1.21 bits per heavy atom. The second kappa shape index (κ2) is 4.71. The highest BCUT2D eigenvalue weighted by Gasteiger charge is 2.12. The molecule has 0 aliphatic rings. The Morgan fingerprint density at radius 2 is 2.05 bits per heavy atom. The summed E-state index contributed by atoms with van der Waals surface area (Å²) in [6, 6.07) is 3.66. The molecular weight excluding hydrogens is 284 g/mol. The van der Waals surface area contributed by atoms with Crippen molar-refractivity contribution in [3.05, 3.63) is 28.5 Å². The molecule has 19 heavy (non-hydrogen) atoms. The van der Waals surface area contributed by atoms with Gasteiger partial charge in [0.25, 0.3) is 0 Å². The number of hydrogen-bond donors (Lipinski definition) is 0. The molecule has 0 saturated carbocycles. The van der Waals surface area contributed by atoms with Gasteiger partial charge in [0.1, 0.15) is 22.0 Å².